The third-order valence-corrected chi connectivity index (χ3v) is 4.57. The summed E-state index contributed by atoms with van der Waals surface area (Å²) in [6, 6.07) is -0.287. The lowest BCUT2D eigenvalue weighted by Gasteiger charge is -2.34. The molecule has 0 aromatic heterocycles. The molecule has 3 fully saturated rings. The molecule has 4 heteroatoms. The standard InChI is InChI=1S/C14H22N2O2/c1-2-12-14(18)16(8-13(17)15-12)7-11(9-3-4-9)10-5-6-10/h9-12H,2-8H2,1H3,(H,15,17). The van der Waals surface area contributed by atoms with Gasteiger partial charge in [-0.25, -0.2) is 0 Å². The van der Waals surface area contributed by atoms with Crippen molar-refractivity contribution in [1.29, 1.82) is 0 Å². The van der Waals surface area contributed by atoms with Gasteiger partial charge in [0.15, 0.2) is 0 Å². The van der Waals surface area contributed by atoms with E-state index in [4.69, 9.17) is 0 Å². The van der Waals surface area contributed by atoms with Crippen molar-refractivity contribution >= 4 is 11.8 Å². The maximum Gasteiger partial charge on any atom is 0.245 e. The minimum Gasteiger partial charge on any atom is -0.343 e. The van der Waals surface area contributed by atoms with E-state index < -0.39 is 0 Å². The number of nitrogens with zero attached hydrogens (tertiary/aromatic N) is 1. The Morgan fingerprint density at radius 1 is 1.22 bits per heavy atom. The zero-order chi connectivity index (χ0) is 12.7. The Kier molecular flexibility index (Phi) is 3.04. The SMILES string of the molecule is CCC1NC(=O)CN(CC(C2CC2)C2CC2)C1=O. The summed E-state index contributed by atoms with van der Waals surface area (Å²) in [6.07, 6.45) is 6.00. The molecule has 2 aliphatic carbocycles. The van der Waals surface area contributed by atoms with Crippen LogP contribution in [0.15, 0.2) is 0 Å². The molecule has 1 N–H and O–H groups in total. The van der Waals surface area contributed by atoms with Crippen molar-refractivity contribution < 1.29 is 9.59 Å². The summed E-state index contributed by atoms with van der Waals surface area (Å²) in [5.74, 6) is 2.46. The minimum absolute atomic E-state index is 0.00629. The van der Waals surface area contributed by atoms with Crippen LogP contribution >= 0.6 is 0 Å². The van der Waals surface area contributed by atoms with Gasteiger partial charge < -0.3 is 10.2 Å². The summed E-state index contributed by atoms with van der Waals surface area (Å²) in [7, 11) is 0. The van der Waals surface area contributed by atoms with Crippen LogP contribution in [0.5, 0.6) is 0 Å². The summed E-state index contributed by atoms with van der Waals surface area (Å²) >= 11 is 0. The van der Waals surface area contributed by atoms with Crippen LogP contribution in [0.3, 0.4) is 0 Å². The highest BCUT2D eigenvalue weighted by Crippen LogP contribution is 2.49. The van der Waals surface area contributed by atoms with Crippen molar-refractivity contribution in [2.24, 2.45) is 17.8 Å². The normalized spacial score (nSPS) is 28.8. The zero-order valence-electron chi connectivity index (χ0n) is 11.0. The number of hydrogen-bond acceptors (Lipinski definition) is 2. The highest BCUT2D eigenvalue weighted by Gasteiger charge is 2.44. The van der Waals surface area contributed by atoms with Gasteiger partial charge in [-0.15, -0.1) is 0 Å². The van der Waals surface area contributed by atoms with Gasteiger partial charge in [-0.3, -0.25) is 9.59 Å². The first-order valence-electron chi connectivity index (χ1n) is 7.27. The van der Waals surface area contributed by atoms with Crippen molar-refractivity contribution in [2.75, 3.05) is 13.1 Å². The van der Waals surface area contributed by atoms with Gasteiger partial charge in [0, 0.05) is 6.54 Å². The van der Waals surface area contributed by atoms with Crippen molar-refractivity contribution in [3.05, 3.63) is 0 Å². The van der Waals surface area contributed by atoms with Crippen LogP contribution in [0.2, 0.25) is 0 Å². The summed E-state index contributed by atoms with van der Waals surface area (Å²) < 4.78 is 0. The fraction of sp³-hybridized carbons (Fsp3) is 0.857. The second-order valence-corrected chi connectivity index (χ2v) is 6.09. The topological polar surface area (TPSA) is 49.4 Å². The highest BCUT2D eigenvalue weighted by atomic mass is 16.2. The monoisotopic (exact) mass is 250 g/mol. The molecular weight excluding hydrogens is 228 g/mol. The van der Waals surface area contributed by atoms with E-state index in [1.54, 1.807) is 0 Å². The molecule has 1 heterocycles. The Balaban J connectivity index is 1.65. The van der Waals surface area contributed by atoms with Crippen LogP contribution in [0.25, 0.3) is 0 Å². The van der Waals surface area contributed by atoms with Crippen molar-refractivity contribution in [1.82, 2.24) is 10.2 Å². The van der Waals surface area contributed by atoms with Crippen LogP contribution in [-0.2, 0) is 9.59 Å². The molecule has 0 aromatic rings. The lowest BCUT2D eigenvalue weighted by atomic mass is 9.96. The van der Waals surface area contributed by atoms with E-state index in [9.17, 15) is 9.59 Å². The van der Waals surface area contributed by atoms with Crippen LogP contribution in [0.1, 0.15) is 39.0 Å². The minimum atomic E-state index is -0.287. The third-order valence-electron chi connectivity index (χ3n) is 4.57. The molecular formula is C14H22N2O2. The highest BCUT2D eigenvalue weighted by molar-refractivity contribution is 5.94. The largest absolute Gasteiger partial charge is 0.343 e. The number of piperazine rings is 1. The van der Waals surface area contributed by atoms with Crippen molar-refractivity contribution in [3.8, 4) is 0 Å². The van der Waals surface area contributed by atoms with Crippen molar-refractivity contribution in [3.63, 3.8) is 0 Å². The Bertz CT molecular complexity index is 349. The van der Waals surface area contributed by atoms with Gasteiger partial charge in [-0.05, 0) is 49.9 Å². The fourth-order valence-corrected chi connectivity index (χ4v) is 3.19. The van der Waals surface area contributed by atoms with Crippen LogP contribution in [0, 0.1) is 17.8 Å². The van der Waals surface area contributed by atoms with Crippen molar-refractivity contribution in [2.45, 2.75) is 45.1 Å². The molecule has 1 atom stereocenters. The van der Waals surface area contributed by atoms with E-state index in [-0.39, 0.29) is 24.4 Å². The van der Waals surface area contributed by atoms with E-state index in [1.165, 1.54) is 25.7 Å². The molecule has 4 nitrogen and oxygen atoms in total. The van der Waals surface area contributed by atoms with Gasteiger partial charge in [0.25, 0.3) is 0 Å². The molecule has 2 amide bonds. The van der Waals surface area contributed by atoms with E-state index >= 15 is 0 Å². The summed E-state index contributed by atoms with van der Waals surface area (Å²) in [5.41, 5.74) is 0. The first kappa shape index (κ1) is 12.0. The lowest BCUT2D eigenvalue weighted by molar-refractivity contribution is -0.145. The Morgan fingerprint density at radius 2 is 1.83 bits per heavy atom. The summed E-state index contributed by atoms with van der Waals surface area (Å²) in [5, 5.41) is 2.78. The quantitative estimate of drug-likeness (QED) is 0.796. The zero-order valence-corrected chi connectivity index (χ0v) is 11.0. The summed E-state index contributed by atoms with van der Waals surface area (Å²) in [4.78, 5) is 25.7. The lowest BCUT2D eigenvalue weighted by Crippen LogP contribution is -2.58. The van der Waals surface area contributed by atoms with E-state index in [1.807, 2.05) is 11.8 Å². The Labute approximate surface area is 108 Å². The molecule has 0 spiro atoms. The second kappa shape index (κ2) is 4.56. The molecule has 0 bridgehead atoms. The van der Waals surface area contributed by atoms with Gasteiger partial charge in [-0.2, -0.15) is 0 Å². The van der Waals surface area contributed by atoms with Crippen LogP contribution < -0.4 is 5.32 Å². The van der Waals surface area contributed by atoms with Gasteiger partial charge in [-0.1, -0.05) is 6.92 Å². The average molecular weight is 250 g/mol. The van der Waals surface area contributed by atoms with E-state index in [2.05, 4.69) is 5.32 Å². The molecule has 3 rings (SSSR count). The maximum absolute atomic E-state index is 12.2. The Hall–Kier alpha value is -1.06. The van der Waals surface area contributed by atoms with Crippen LogP contribution in [-0.4, -0.2) is 35.8 Å². The molecule has 1 unspecified atom stereocenters. The Morgan fingerprint density at radius 3 is 2.33 bits per heavy atom. The molecule has 1 saturated heterocycles. The van der Waals surface area contributed by atoms with E-state index in [0.29, 0.717) is 12.3 Å². The predicted octanol–water partition coefficient (Wildman–Crippen LogP) is 1.16. The smallest absolute Gasteiger partial charge is 0.245 e. The van der Waals surface area contributed by atoms with E-state index in [0.717, 1.165) is 18.4 Å². The third kappa shape index (κ3) is 2.38. The number of hydrogen-bond donors (Lipinski definition) is 1. The molecule has 2 saturated carbocycles. The number of carbonyl (C=O) groups is 2. The number of amides is 2. The summed E-state index contributed by atoms with van der Waals surface area (Å²) in [6.45, 7) is 3.04. The van der Waals surface area contributed by atoms with Gasteiger partial charge in [0.1, 0.15) is 6.04 Å². The average Bonchev–Trinajstić information content (AvgIpc) is 3.22. The number of rotatable bonds is 5. The first-order valence-corrected chi connectivity index (χ1v) is 7.27. The van der Waals surface area contributed by atoms with Gasteiger partial charge in [0.2, 0.25) is 11.8 Å². The van der Waals surface area contributed by atoms with Crippen LogP contribution in [0.4, 0.5) is 0 Å². The number of nitrogens with one attached hydrogen (secondary N) is 1. The number of carbonyl (C=O) groups excluding carboxylic acids is 2. The van der Waals surface area contributed by atoms with Gasteiger partial charge >= 0.3 is 0 Å². The first-order chi connectivity index (χ1) is 8.69. The molecule has 100 valence electrons. The van der Waals surface area contributed by atoms with Gasteiger partial charge in [0.05, 0.1) is 6.54 Å². The molecule has 0 aromatic carbocycles. The molecule has 0 radical (unpaired) electrons. The fourth-order valence-electron chi connectivity index (χ4n) is 3.19. The molecule has 3 aliphatic rings. The second-order valence-electron chi connectivity index (χ2n) is 6.09. The predicted molar refractivity (Wildman–Crippen MR) is 67.7 cm³/mol. The molecule has 1 aliphatic heterocycles. The molecule has 18 heavy (non-hydrogen) atoms. The maximum atomic E-state index is 12.2.